The van der Waals surface area contributed by atoms with Gasteiger partial charge in [-0.2, -0.15) is 0 Å². The summed E-state index contributed by atoms with van der Waals surface area (Å²) < 4.78 is 12.6. The van der Waals surface area contributed by atoms with Gasteiger partial charge in [0.2, 0.25) is 0 Å². The summed E-state index contributed by atoms with van der Waals surface area (Å²) in [6, 6.07) is 5.71. The molecule has 2 N–H and O–H groups in total. The van der Waals surface area contributed by atoms with Gasteiger partial charge in [0, 0.05) is 17.2 Å². The summed E-state index contributed by atoms with van der Waals surface area (Å²) in [5, 5.41) is 11.5. The molecule has 0 radical (unpaired) electrons. The minimum Gasteiger partial charge on any atom is -0.480 e. The highest BCUT2D eigenvalue weighted by atomic mass is 32.2. The zero-order chi connectivity index (χ0) is 12.0. The Morgan fingerprint density at radius 3 is 2.69 bits per heavy atom. The quantitative estimate of drug-likeness (QED) is 0.592. The van der Waals surface area contributed by atoms with Crippen LogP contribution < -0.4 is 5.32 Å². The number of nitrogens with one attached hydrogen (secondary N) is 1. The zero-order valence-electron chi connectivity index (χ0n) is 8.94. The molecule has 0 amide bonds. The number of carboxylic acids is 1. The van der Waals surface area contributed by atoms with E-state index in [9.17, 15) is 9.18 Å². The molecule has 0 saturated carbocycles. The molecule has 3 nitrogen and oxygen atoms in total. The Kier molecular flexibility index (Phi) is 5.28. The fourth-order valence-corrected chi connectivity index (χ4v) is 1.85. The van der Waals surface area contributed by atoms with Crippen LogP contribution in [-0.2, 0) is 4.79 Å². The van der Waals surface area contributed by atoms with Gasteiger partial charge >= 0.3 is 5.97 Å². The number of hydrogen-bond acceptors (Lipinski definition) is 3. The predicted molar refractivity (Wildman–Crippen MR) is 62.2 cm³/mol. The van der Waals surface area contributed by atoms with E-state index in [-0.39, 0.29) is 5.82 Å². The summed E-state index contributed by atoms with van der Waals surface area (Å²) in [6.07, 6.45) is 0. The standard InChI is InChI=1S/C11H14FNO2S/c1-8(11(14)15)13-6-7-16-10-4-2-9(12)3-5-10/h2-5,8,13H,6-7H2,1H3,(H,14,15). The molecule has 1 aromatic rings. The highest BCUT2D eigenvalue weighted by Crippen LogP contribution is 2.17. The molecule has 0 aliphatic carbocycles. The van der Waals surface area contributed by atoms with Gasteiger partial charge in [0.25, 0.3) is 0 Å². The average molecular weight is 243 g/mol. The Bertz CT molecular complexity index is 342. The second kappa shape index (κ2) is 6.50. The molecule has 0 bridgehead atoms. The molecule has 0 fully saturated rings. The molecule has 0 aliphatic heterocycles. The summed E-state index contributed by atoms with van der Waals surface area (Å²) in [5.74, 6) is -0.350. The van der Waals surface area contributed by atoms with Crippen LogP contribution in [0.15, 0.2) is 29.2 Å². The van der Waals surface area contributed by atoms with E-state index in [1.807, 2.05) is 0 Å². The van der Waals surface area contributed by atoms with Crippen molar-refractivity contribution in [2.75, 3.05) is 12.3 Å². The third-order valence-electron chi connectivity index (χ3n) is 2.01. The molecule has 1 aromatic carbocycles. The number of carboxylic acid groups (broad SMARTS) is 1. The maximum atomic E-state index is 12.6. The average Bonchev–Trinajstić information content (AvgIpc) is 2.26. The molecular weight excluding hydrogens is 229 g/mol. The molecule has 1 unspecified atom stereocenters. The lowest BCUT2D eigenvalue weighted by Crippen LogP contribution is -2.35. The first kappa shape index (κ1) is 13.0. The van der Waals surface area contributed by atoms with Gasteiger partial charge in [0.15, 0.2) is 0 Å². The highest BCUT2D eigenvalue weighted by Gasteiger charge is 2.08. The number of rotatable bonds is 6. The van der Waals surface area contributed by atoms with E-state index in [2.05, 4.69) is 5.32 Å². The van der Waals surface area contributed by atoms with Crippen molar-refractivity contribution in [2.45, 2.75) is 17.9 Å². The Balaban J connectivity index is 2.21. The highest BCUT2D eigenvalue weighted by molar-refractivity contribution is 7.99. The molecule has 0 heterocycles. The summed E-state index contributed by atoms with van der Waals surface area (Å²) in [4.78, 5) is 11.5. The van der Waals surface area contributed by atoms with E-state index in [1.54, 1.807) is 30.8 Å². The first-order valence-electron chi connectivity index (χ1n) is 4.94. The maximum Gasteiger partial charge on any atom is 0.320 e. The van der Waals surface area contributed by atoms with Crippen molar-refractivity contribution >= 4 is 17.7 Å². The fraction of sp³-hybridized carbons (Fsp3) is 0.364. The van der Waals surface area contributed by atoms with Crippen molar-refractivity contribution in [3.05, 3.63) is 30.1 Å². The molecular formula is C11H14FNO2S. The Labute approximate surface area is 98.1 Å². The predicted octanol–water partition coefficient (Wildman–Crippen LogP) is 1.98. The van der Waals surface area contributed by atoms with Gasteiger partial charge < -0.3 is 10.4 Å². The molecule has 88 valence electrons. The molecule has 16 heavy (non-hydrogen) atoms. The van der Waals surface area contributed by atoms with Crippen LogP contribution >= 0.6 is 11.8 Å². The van der Waals surface area contributed by atoms with Crippen LogP contribution in [0.1, 0.15) is 6.92 Å². The van der Waals surface area contributed by atoms with Crippen molar-refractivity contribution < 1.29 is 14.3 Å². The minimum atomic E-state index is -0.855. The van der Waals surface area contributed by atoms with Crippen molar-refractivity contribution in [2.24, 2.45) is 0 Å². The Morgan fingerprint density at radius 2 is 2.12 bits per heavy atom. The number of carbonyl (C=O) groups is 1. The number of benzene rings is 1. The topological polar surface area (TPSA) is 49.3 Å². The summed E-state index contributed by atoms with van der Waals surface area (Å²) in [5.41, 5.74) is 0. The van der Waals surface area contributed by atoms with Crippen LogP contribution in [0.25, 0.3) is 0 Å². The second-order valence-corrected chi connectivity index (χ2v) is 4.48. The molecule has 0 aromatic heterocycles. The molecule has 1 rings (SSSR count). The van der Waals surface area contributed by atoms with Crippen LogP contribution in [0.2, 0.25) is 0 Å². The number of aliphatic carboxylic acids is 1. The number of hydrogen-bond donors (Lipinski definition) is 2. The third-order valence-corrected chi connectivity index (χ3v) is 3.02. The van der Waals surface area contributed by atoms with Gasteiger partial charge in [0.1, 0.15) is 11.9 Å². The SMILES string of the molecule is CC(NCCSc1ccc(F)cc1)C(=O)O. The zero-order valence-corrected chi connectivity index (χ0v) is 9.76. The largest absolute Gasteiger partial charge is 0.480 e. The van der Waals surface area contributed by atoms with Crippen LogP contribution in [0.3, 0.4) is 0 Å². The first-order valence-corrected chi connectivity index (χ1v) is 5.92. The molecule has 5 heteroatoms. The lowest BCUT2D eigenvalue weighted by atomic mass is 10.3. The smallest absolute Gasteiger partial charge is 0.320 e. The fourth-order valence-electron chi connectivity index (χ4n) is 1.06. The van der Waals surface area contributed by atoms with Gasteiger partial charge in [-0.3, -0.25) is 4.79 Å². The lowest BCUT2D eigenvalue weighted by molar-refractivity contribution is -0.138. The molecule has 0 saturated heterocycles. The van der Waals surface area contributed by atoms with Gasteiger partial charge in [-0.15, -0.1) is 11.8 Å². The van der Waals surface area contributed by atoms with Crippen LogP contribution in [0.4, 0.5) is 4.39 Å². The van der Waals surface area contributed by atoms with E-state index in [4.69, 9.17) is 5.11 Å². The van der Waals surface area contributed by atoms with Crippen molar-refractivity contribution in [3.63, 3.8) is 0 Å². The van der Waals surface area contributed by atoms with Crippen molar-refractivity contribution in [3.8, 4) is 0 Å². The second-order valence-electron chi connectivity index (χ2n) is 3.32. The van der Waals surface area contributed by atoms with Gasteiger partial charge in [-0.05, 0) is 31.2 Å². The van der Waals surface area contributed by atoms with Crippen molar-refractivity contribution in [1.82, 2.24) is 5.32 Å². The Hall–Kier alpha value is -1.07. The summed E-state index contributed by atoms with van der Waals surface area (Å²) in [6.45, 7) is 2.21. The van der Waals surface area contributed by atoms with Crippen LogP contribution in [0.5, 0.6) is 0 Å². The van der Waals surface area contributed by atoms with E-state index < -0.39 is 12.0 Å². The van der Waals surface area contributed by atoms with Crippen LogP contribution in [-0.4, -0.2) is 29.4 Å². The monoisotopic (exact) mass is 243 g/mol. The van der Waals surface area contributed by atoms with Crippen LogP contribution in [0, 0.1) is 5.82 Å². The third kappa shape index (κ3) is 4.63. The summed E-state index contributed by atoms with van der Waals surface area (Å²) >= 11 is 1.56. The first-order chi connectivity index (χ1) is 7.59. The number of thioether (sulfide) groups is 1. The van der Waals surface area contributed by atoms with Gasteiger partial charge in [-0.1, -0.05) is 0 Å². The van der Waals surface area contributed by atoms with Gasteiger partial charge in [0.05, 0.1) is 0 Å². The Morgan fingerprint density at radius 1 is 1.50 bits per heavy atom. The van der Waals surface area contributed by atoms with E-state index in [0.717, 1.165) is 10.6 Å². The lowest BCUT2D eigenvalue weighted by Gasteiger charge is -2.08. The van der Waals surface area contributed by atoms with E-state index in [1.165, 1.54) is 12.1 Å². The van der Waals surface area contributed by atoms with Crippen molar-refractivity contribution in [1.29, 1.82) is 0 Å². The molecule has 1 atom stereocenters. The van der Waals surface area contributed by atoms with E-state index in [0.29, 0.717) is 6.54 Å². The summed E-state index contributed by atoms with van der Waals surface area (Å²) in [7, 11) is 0. The molecule has 0 spiro atoms. The number of halogens is 1. The van der Waals surface area contributed by atoms with E-state index >= 15 is 0 Å². The molecule has 0 aliphatic rings. The minimum absolute atomic E-state index is 0.248. The normalized spacial score (nSPS) is 12.4. The maximum absolute atomic E-state index is 12.6. The van der Waals surface area contributed by atoms with Gasteiger partial charge in [-0.25, -0.2) is 4.39 Å².